The Morgan fingerprint density at radius 3 is 2.84 bits per heavy atom. The molecule has 2 spiro atoms. The van der Waals surface area contributed by atoms with Crippen molar-refractivity contribution in [3.8, 4) is 5.75 Å². The number of hydrogen-bond donors (Lipinski definition) is 1. The number of hydrogen-bond acceptors (Lipinski definition) is 5. The summed E-state index contributed by atoms with van der Waals surface area (Å²) in [5, 5.41) is 3.49. The number of nitrogens with zero attached hydrogens (tertiary/aromatic N) is 2. The van der Waals surface area contributed by atoms with Crippen LogP contribution in [-0.2, 0) is 6.42 Å². The molecule has 1 N–H and O–H groups in total. The summed E-state index contributed by atoms with van der Waals surface area (Å²) < 4.78 is 8.81. The summed E-state index contributed by atoms with van der Waals surface area (Å²) in [4.78, 5) is 4.72. The topological polar surface area (TPSA) is 37.4 Å². The van der Waals surface area contributed by atoms with Crippen LogP contribution >= 0.6 is 11.9 Å². The number of pyridine rings is 1. The third-order valence-electron chi connectivity index (χ3n) is 6.61. The third-order valence-corrected chi connectivity index (χ3v) is 7.45. The van der Waals surface area contributed by atoms with Crippen molar-refractivity contribution in [3.63, 3.8) is 0 Å². The Morgan fingerprint density at radius 2 is 2.12 bits per heavy atom. The van der Waals surface area contributed by atoms with Gasteiger partial charge in [-0.1, -0.05) is 18.0 Å². The van der Waals surface area contributed by atoms with E-state index in [0.717, 1.165) is 37.4 Å². The molecule has 2 fully saturated rings. The normalized spacial score (nSPS) is 26.8. The lowest BCUT2D eigenvalue weighted by Gasteiger charge is -2.55. The van der Waals surface area contributed by atoms with Gasteiger partial charge >= 0.3 is 0 Å². The van der Waals surface area contributed by atoms with Gasteiger partial charge < -0.3 is 10.1 Å². The number of aromatic nitrogens is 1. The standard InChI is InChI=1S/C20H27N3OS/c1-25-23-8-2-15(3-9-23)17-10-16-11-20(24-18(16)12-22-17)13-19(14-20)4-6-21-7-5-19/h2,10,12,21H,3-9,11,13-14H2,1H3. The summed E-state index contributed by atoms with van der Waals surface area (Å²) in [7, 11) is 0. The highest BCUT2D eigenvalue weighted by Gasteiger charge is 2.58. The number of ether oxygens (including phenoxy) is 1. The summed E-state index contributed by atoms with van der Waals surface area (Å²) in [5.41, 5.74) is 4.57. The molecule has 1 saturated carbocycles. The van der Waals surface area contributed by atoms with E-state index in [0.29, 0.717) is 5.41 Å². The van der Waals surface area contributed by atoms with Crippen molar-refractivity contribution in [2.75, 3.05) is 32.4 Å². The molecular weight excluding hydrogens is 330 g/mol. The van der Waals surface area contributed by atoms with Crippen LogP contribution in [0.2, 0.25) is 0 Å². The van der Waals surface area contributed by atoms with E-state index in [1.54, 1.807) is 0 Å². The molecule has 1 aromatic rings. The highest BCUT2D eigenvalue weighted by atomic mass is 32.2. The van der Waals surface area contributed by atoms with Crippen molar-refractivity contribution in [1.29, 1.82) is 0 Å². The Balaban J connectivity index is 1.31. The van der Waals surface area contributed by atoms with Crippen LogP contribution in [0.3, 0.4) is 0 Å². The first-order valence-electron chi connectivity index (χ1n) is 9.57. The fourth-order valence-corrected chi connectivity index (χ4v) is 5.88. The lowest BCUT2D eigenvalue weighted by atomic mass is 9.54. The average molecular weight is 358 g/mol. The molecule has 0 unspecified atom stereocenters. The van der Waals surface area contributed by atoms with Crippen LogP contribution in [0.4, 0.5) is 0 Å². The van der Waals surface area contributed by atoms with Crippen molar-refractivity contribution in [1.82, 2.24) is 14.6 Å². The van der Waals surface area contributed by atoms with E-state index in [-0.39, 0.29) is 5.60 Å². The predicted molar refractivity (Wildman–Crippen MR) is 103 cm³/mol. The van der Waals surface area contributed by atoms with Crippen LogP contribution in [0.25, 0.3) is 5.57 Å². The van der Waals surface area contributed by atoms with Gasteiger partial charge in [0.25, 0.3) is 0 Å². The summed E-state index contributed by atoms with van der Waals surface area (Å²) >= 11 is 1.83. The van der Waals surface area contributed by atoms with Crippen molar-refractivity contribution < 1.29 is 4.74 Å². The van der Waals surface area contributed by atoms with E-state index >= 15 is 0 Å². The maximum Gasteiger partial charge on any atom is 0.141 e. The summed E-state index contributed by atoms with van der Waals surface area (Å²) in [6.07, 6.45) is 13.7. The lowest BCUT2D eigenvalue weighted by molar-refractivity contribution is -0.108. The van der Waals surface area contributed by atoms with E-state index in [1.807, 2.05) is 18.1 Å². The van der Waals surface area contributed by atoms with Crippen LogP contribution in [0.1, 0.15) is 43.4 Å². The molecule has 1 aromatic heterocycles. The molecule has 0 aromatic carbocycles. The minimum absolute atomic E-state index is 0.0799. The molecule has 4 aliphatic rings. The molecule has 134 valence electrons. The van der Waals surface area contributed by atoms with Crippen LogP contribution < -0.4 is 10.1 Å². The van der Waals surface area contributed by atoms with Gasteiger partial charge in [-0.25, -0.2) is 4.31 Å². The van der Waals surface area contributed by atoms with Gasteiger partial charge in [0.2, 0.25) is 0 Å². The van der Waals surface area contributed by atoms with Crippen LogP contribution in [-0.4, -0.2) is 47.3 Å². The minimum atomic E-state index is 0.0799. The first kappa shape index (κ1) is 16.2. The zero-order chi connectivity index (χ0) is 16.9. The van der Waals surface area contributed by atoms with E-state index in [4.69, 9.17) is 9.72 Å². The Labute approximate surface area is 154 Å². The van der Waals surface area contributed by atoms with E-state index in [9.17, 15) is 0 Å². The molecular formula is C20H27N3OS. The monoisotopic (exact) mass is 357 g/mol. The van der Waals surface area contributed by atoms with Gasteiger partial charge in [0, 0.05) is 25.1 Å². The molecule has 3 aliphatic heterocycles. The van der Waals surface area contributed by atoms with Crippen LogP contribution in [0.15, 0.2) is 18.3 Å². The number of piperidine rings is 1. The number of rotatable bonds is 2. The number of nitrogens with one attached hydrogen (secondary N) is 1. The first-order valence-corrected chi connectivity index (χ1v) is 10.7. The molecule has 5 rings (SSSR count). The van der Waals surface area contributed by atoms with Crippen molar-refractivity contribution >= 4 is 17.5 Å². The SMILES string of the molecule is CSN1CC=C(c2cc3c(cn2)OC2(C3)CC3(CCNCC3)C2)CC1. The molecule has 5 heteroatoms. The Kier molecular flexibility index (Phi) is 3.88. The molecule has 1 aliphatic carbocycles. The molecule has 0 atom stereocenters. The summed E-state index contributed by atoms with van der Waals surface area (Å²) in [5.74, 6) is 1.04. The molecule has 0 amide bonds. The lowest BCUT2D eigenvalue weighted by Crippen LogP contribution is -2.58. The Morgan fingerprint density at radius 1 is 1.28 bits per heavy atom. The molecule has 0 bridgehead atoms. The second kappa shape index (κ2) is 6.00. The maximum absolute atomic E-state index is 6.42. The largest absolute Gasteiger partial charge is 0.485 e. The van der Waals surface area contributed by atoms with Gasteiger partial charge in [-0.3, -0.25) is 4.98 Å². The maximum atomic E-state index is 6.42. The average Bonchev–Trinajstić information content (AvgIpc) is 3.00. The molecule has 1 saturated heterocycles. The molecule has 25 heavy (non-hydrogen) atoms. The minimum Gasteiger partial charge on any atom is -0.485 e. The van der Waals surface area contributed by atoms with Gasteiger partial charge in [0.15, 0.2) is 0 Å². The number of fused-ring (bicyclic) bond motifs is 1. The molecule has 0 radical (unpaired) electrons. The zero-order valence-electron chi connectivity index (χ0n) is 15.0. The van der Waals surface area contributed by atoms with E-state index in [1.165, 1.54) is 49.9 Å². The summed E-state index contributed by atoms with van der Waals surface area (Å²) in [6, 6.07) is 2.30. The van der Waals surface area contributed by atoms with Gasteiger partial charge in [0.1, 0.15) is 11.4 Å². The Hall–Kier alpha value is -1.04. The first-order chi connectivity index (χ1) is 12.2. The van der Waals surface area contributed by atoms with Crippen molar-refractivity contribution in [2.45, 2.75) is 44.1 Å². The van der Waals surface area contributed by atoms with Gasteiger partial charge in [-0.2, -0.15) is 0 Å². The predicted octanol–water partition coefficient (Wildman–Crippen LogP) is 3.29. The van der Waals surface area contributed by atoms with Crippen molar-refractivity contribution in [3.05, 3.63) is 29.6 Å². The summed E-state index contributed by atoms with van der Waals surface area (Å²) in [6.45, 7) is 4.49. The van der Waals surface area contributed by atoms with Gasteiger partial charge in [-0.05, 0) is 68.5 Å². The highest BCUT2D eigenvalue weighted by molar-refractivity contribution is 7.96. The van der Waals surface area contributed by atoms with Crippen molar-refractivity contribution in [2.24, 2.45) is 5.41 Å². The smallest absolute Gasteiger partial charge is 0.141 e. The van der Waals surface area contributed by atoms with Gasteiger partial charge in [-0.15, -0.1) is 0 Å². The van der Waals surface area contributed by atoms with E-state index in [2.05, 4.69) is 28.0 Å². The Bertz CT molecular complexity index is 703. The third kappa shape index (κ3) is 2.81. The fourth-order valence-electron chi connectivity index (χ4n) is 5.38. The highest BCUT2D eigenvalue weighted by Crippen LogP contribution is 2.59. The fraction of sp³-hybridized carbons (Fsp3) is 0.650. The van der Waals surface area contributed by atoms with Crippen LogP contribution in [0, 0.1) is 5.41 Å². The van der Waals surface area contributed by atoms with E-state index < -0.39 is 0 Å². The van der Waals surface area contributed by atoms with Gasteiger partial charge in [0.05, 0.1) is 11.9 Å². The molecule has 4 nitrogen and oxygen atoms in total. The van der Waals surface area contributed by atoms with Crippen LogP contribution in [0.5, 0.6) is 5.75 Å². The second-order valence-corrected chi connectivity index (χ2v) is 9.17. The second-order valence-electron chi connectivity index (χ2n) is 8.29. The zero-order valence-corrected chi connectivity index (χ0v) is 15.8. The molecule has 4 heterocycles. The quantitative estimate of drug-likeness (QED) is 0.822.